The summed E-state index contributed by atoms with van der Waals surface area (Å²) in [7, 11) is -3.43. The van der Waals surface area contributed by atoms with E-state index >= 15 is 0 Å². The van der Waals surface area contributed by atoms with E-state index in [2.05, 4.69) is 25.5 Å². The molecule has 0 radical (unpaired) electrons. The van der Waals surface area contributed by atoms with Crippen LogP contribution >= 0.6 is 0 Å². The topological polar surface area (TPSA) is 46.2 Å². The Morgan fingerprint density at radius 1 is 1.15 bits per heavy atom. The maximum absolute atomic E-state index is 12.6. The highest BCUT2D eigenvalue weighted by Gasteiger charge is 2.60. The van der Waals surface area contributed by atoms with E-state index < -0.39 is 10.0 Å². The number of benzene rings is 1. The summed E-state index contributed by atoms with van der Waals surface area (Å²) in [5, 5.41) is 0. The van der Waals surface area contributed by atoms with Crippen LogP contribution in [0, 0.1) is 16.7 Å². The van der Waals surface area contributed by atoms with E-state index in [-0.39, 0.29) is 16.9 Å². The van der Waals surface area contributed by atoms with Gasteiger partial charge in [0, 0.05) is 6.04 Å². The molecule has 2 aliphatic carbocycles. The van der Waals surface area contributed by atoms with Crippen LogP contribution in [0.25, 0.3) is 0 Å². The predicted molar refractivity (Wildman–Crippen MR) is 79.8 cm³/mol. The lowest BCUT2D eigenvalue weighted by Gasteiger charge is -2.42. The molecule has 0 aliphatic heterocycles. The Morgan fingerprint density at radius 3 is 2.35 bits per heavy atom. The standard InChI is InChI=1S/C16H23NO2S/c1-15(2)12-9-10-16(3,11-12)14(15)17-20(18,19)13-7-5-4-6-8-13/h4-8,12,14,17H,9-11H2,1-3H3. The normalized spacial score (nSPS) is 35.4. The monoisotopic (exact) mass is 293 g/mol. The Kier molecular flexibility index (Phi) is 3.04. The van der Waals surface area contributed by atoms with Crippen molar-refractivity contribution in [3.05, 3.63) is 30.3 Å². The van der Waals surface area contributed by atoms with Crippen LogP contribution < -0.4 is 4.72 Å². The lowest BCUT2D eigenvalue weighted by Crippen LogP contribution is -2.52. The number of fused-ring (bicyclic) bond motifs is 2. The van der Waals surface area contributed by atoms with Crippen molar-refractivity contribution in [1.82, 2.24) is 4.72 Å². The molecule has 0 amide bonds. The fraction of sp³-hybridized carbons (Fsp3) is 0.625. The van der Waals surface area contributed by atoms with E-state index in [1.165, 1.54) is 6.42 Å². The van der Waals surface area contributed by atoms with Gasteiger partial charge in [0.2, 0.25) is 10.0 Å². The first-order valence-electron chi connectivity index (χ1n) is 7.33. The molecule has 20 heavy (non-hydrogen) atoms. The molecule has 3 nitrogen and oxygen atoms in total. The molecule has 0 saturated heterocycles. The predicted octanol–water partition coefficient (Wildman–Crippen LogP) is 3.18. The van der Waals surface area contributed by atoms with Crippen molar-refractivity contribution in [3.63, 3.8) is 0 Å². The van der Waals surface area contributed by atoms with Crippen LogP contribution in [-0.4, -0.2) is 14.5 Å². The molecule has 2 saturated carbocycles. The summed E-state index contributed by atoms with van der Waals surface area (Å²) < 4.78 is 28.2. The van der Waals surface area contributed by atoms with Crippen LogP contribution in [0.1, 0.15) is 40.0 Å². The SMILES string of the molecule is CC12CCC(C1)C(C)(C)C2NS(=O)(=O)c1ccccc1. The van der Waals surface area contributed by atoms with Crippen LogP contribution in [0.4, 0.5) is 0 Å². The van der Waals surface area contributed by atoms with Gasteiger partial charge in [0.25, 0.3) is 0 Å². The molecule has 1 aromatic carbocycles. The molecule has 2 aliphatic rings. The number of hydrogen-bond donors (Lipinski definition) is 1. The first-order chi connectivity index (χ1) is 9.26. The number of rotatable bonds is 3. The van der Waals surface area contributed by atoms with Crippen LogP contribution in [0.3, 0.4) is 0 Å². The van der Waals surface area contributed by atoms with Crippen molar-refractivity contribution in [2.45, 2.75) is 51.0 Å². The summed E-state index contributed by atoms with van der Waals surface area (Å²) in [6, 6.07) is 8.71. The zero-order valence-electron chi connectivity index (χ0n) is 12.4. The highest BCUT2D eigenvalue weighted by molar-refractivity contribution is 7.89. The molecule has 0 spiro atoms. The first-order valence-corrected chi connectivity index (χ1v) is 8.81. The summed E-state index contributed by atoms with van der Waals surface area (Å²) >= 11 is 0. The Morgan fingerprint density at radius 2 is 1.80 bits per heavy atom. The molecule has 2 bridgehead atoms. The Hall–Kier alpha value is -0.870. The van der Waals surface area contributed by atoms with Gasteiger partial charge in [-0.3, -0.25) is 0 Å². The van der Waals surface area contributed by atoms with E-state index in [9.17, 15) is 8.42 Å². The van der Waals surface area contributed by atoms with Gasteiger partial charge in [0.1, 0.15) is 0 Å². The van der Waals surface area contributed by atoms with Crippen LogP contribution in [-0.2, 0) is 10.0 Å². The second-order valence-electron chi connectivity index (χ2n) is 7.28. The smallest absolute Gasteiger partial charge is 0.207 e. The molecular formula is C16H23NO2S. The third-order valence-corrected chi connectivity index (χ3v) is 7.04. The van der Waals surface area contributed by atoms with Crippen LogP contribution in [0.5, 0.6) is 0 Å². The maximum atomic E-state index is 12.6. The van der Waals surface area contributed by atoms with Gasteiger partial charge in [-0.2, -0.15) is 0 Å². The summed E-state index contributed by atoms with van der Waals surface area (Å²) in [4.78, 5) is 0.363. The molecule has 0 aromatic heterocycles. The average Bonchev–Trinajstić information content (AvgIpc) is 2.87. The van der Waals surface area contributed by atoms with Crippen molar-refractivity contribution in [3.8, 4) is 0 Å². The van der Waals surface area contributed by atoms with Crippen molar-refractivity contribution < 1.29 is 8.42 Å². The lowest BCUT2D eigenvalue weighted by atomic mass is 9.69. The zero-order valence-corrected chi connectivity index (χ0v) is 13.2. The van der Waals surface area contributed by atoms with Crippen LogP contribution in [0.2, 0.25) is 0 Å². The number of nitrogens with one attached hydrogen (secondary N) is 1. The van der Waals surface area contributed by atoms with Gasteiger partial charge in [-0.25, -0.2) is 13.1 Å². The van der Waals surface area contributed by atoms with E-state index in [1.807, 2.05) is 6.07 Å². The van der Waals surface area contributed by atoms with Gasteiger partial charge in [-0.15, -0.1) is 0 Å². The maximum Gasteiger partial charge on any atom is 0.240 e. The van der Waals surface area contributed by atoms with Gasteiger partial charge < -0.3 is 0 Å². The third kappa shape index (κ3) is 2.01. The average molecular weight is 293 g/mol. The second-order valence-corrected chi connectivity index (χ2v) is 9.00. The van der Waals surface area contributed by atoms with E-state index in [1.54, 1.807) is 24.3 Å². The number of hydrogen-bond acceptors (Lipinski definition) is 2. The minimum Gasteiger partial charge on any atom is -0.207 e. The highest BCUT2D eigenvalue weighted by atomic mass is 32.2. The number of sulfonamides is 1. The molecule has 1 aromatic rings. The summed E-state index contributed by atoms with van der Waals surface area (Å²) in [6.45, 7) is 6.65. The van der Waals surface area contributed by atoms with Crippen molar-refractivity contribution in [2.24, 2.45) is 16.7 Å². The van der Waals surface area contributed by atoms with Gasteiger partial charge >= 0.3 is 0 Å². The fourth-order valence-electron chi connectivity index (χ4n) is 4.42. The van der Waals surface area contributed by atoms with Crippen molar-refractivity contribution in [2.75, 3.05) is 0 Å². The summed E-state index contributed by atoms with van der Waals surface area (Å²) in [5.41, 5.74) is 0.144. The molecular weight excluding hydrogens is 270 g/mol. The molecule has 3 unspecified atom stereocenters. The summed E-state index contributed by atoms with van der Waals surface area (Å²) in [5.74, 6) is 0.635. The quantitative estimate of drug-likeness (QED) is 0.930. The van der Waals surface area contributed by atoms with Crippen molar-refractivity contribution >= 4 is 10.0 Å². The molecule has 2 fully saturated rings. The van der Waals surface area contributed by atoms with Gasteiger partial charge in [-0.1, -0.05) is 39.0 Å². The van der Waals surface area contributed by atoms with E-state index in [4.69, 9.17) is 0 Å². The van der Waals surface area contributed by atoms with Gasteiger partial charge in [0.05, 0.1) is 4.90 Å². The Balaban J connectivity index is 1.92. The lowest BCUT2D eigenvalue weighted by molar-refractivity contribution is 0.127. The van der Waals surface area contributed by atoms with Crippen LogP contribution in [0.15, 0.2) is 35.2 Å². The first kappa shape index (κ1) is 14.1. The van der Waals surface area contributed by atoms with Crippen molar-refractivity contribution in [1.29, 1.82) is 0 Å². The minimum absolute atomic E-state index is 0.0268. The molecule has 110 valence electrons. The fourth-order valence-corrected chi connectivity index (χ4v) is 5.97. The molecule has 3 rings (SSSR count). The molecule has 3 atom stereocenters. The largest absolute Gasteiger partial charge is 0.240 e. The second kappa shape index (κ2) is 4.31. The molecule has 1 N–H and O–H groups in total. The third-order valence-electron chi connectivity index (χ3n) is 5.60. The zero-order chi connectivity index (χ0) is 14.6. The Bertz CT molecular complexity index is 604. The summed E-state index contributed by atoms with van der Waals surface area (Å²) in [6.07, 6.45) is 3.50. The molecule has 0 heterocycles. The minimum atomic E-state index is -3.43. The van der Waals surface area contributed by atoms with Gasteiger partial charge in [0.15, 0.2) is 0 Å². The highest BCUT2D eigenvalue weighted by Crippen LogP contribution is 2.62. The Labute approximate surface area is 121 Å². The van der Waals surface area contributed by atoms with E-state index in [0.29, 0.717) is 10.8 Å². The van der Waals surface area contributed by atoms with Gasteiger partial charge in [-0.05, 0) is 48.1 Å². The van der Waals surface area contributed by atoms with E-state index in [0.717, 1.165) is 12.8 Å². The molecule has 4 heteroatoms.